The third-order valence-corrected chi connectivity index (χ3v) is 6.75. The Kier molecular flexibility index (Phi) is 8.52. The van der Waals surface area contributed by atoms with Crippen molar-refractivity contribution in [2.75, 3.05) is 10.6 Å². The summed E-state index contributed by atoms with van der Waals surface area (Å²) in [5.41, 5.74) is 4.78. The minimum Gasteiger partial charge on any atom is -0.367 e. The average molecular weight is 482 g/mol. The van der Waals surface area contributed by atoms with E-state index in [2.05, 4.69) is 67.2 Å². The summed E-state index contributed by atoms with van der Waals surface area (Å²) in [4.78, 5) is 14.6. The monoisotopic (exact) mass is 481 g/mol. The summed E-state index contributed by atoms with van der Waals surface area (Å²) in [6, 6.07) is 12.8. The number of nitrogens with zero attached hydrogens (tertiary/aromatic N) is 3. The van der Waals surface area contributed by atoms with Crippen molar-refractivity contribution in [3.05, 3.63) is 78.7 Å². The molecule has 1 aliphatic carbocycles. The number of para-hydroxylation sites is 1. The number of hydrogen-bond donors (Lipinski definition) is 2. The van der Waals surface area contributed by atoms with Crippen molar-refractivity contribution in [1.82, 2.24) is 15.0 Å². The molecule has 0 amide bonds. The summed E-state index contributed by atoms with van der Waals surface area (Å²) in [5.74, 6) is 2.73. The fraction of sp³-hybridized carbons (Fsp3) is 0.387. The third kappa shape index (κ3) is 6.60. The molecule has 0 spiro atoms. The first-order valence-electron chi connectivity index (χ1n) is 13.2. The number of allylic oxidation sites excluding steroid dienone is 4. The van der Waals surface area contributed by atoms with E-state index in [-0.39, 0.29) is 0 Å². The normalized spacial score (nSPS) is 18.3. The van der Waals surface area contributed by atoms with Gasteiger partial charge in [-0.25, -0.2) is 9.97 Å². The zero-order valence-electron chi connectivity index (χ0n) is 22.1. The van der Waals surface area contributed by atoms with Gasteiger partial charge in [-0.05, 0) is 68.7 Å². The molecule has 1 fully saturated rings. The summed E-state index contributed by atoms with van der Waals surface area (Å²) in [6.07, 6.45) is 13.8. The van der Waals surface area contributed by atoms with E-state index in [4.69, 9.17) is 9.97 Å². The van der Waals surface area contributed by atoms with Crippen molar-refractivity contribution in [2.45, 2.75) is 65.8 Å². The Morgan fingerprint density at radius 2 is 1.97 bits per heavy atom. The summed E-state index contributed by atoms with van der Waals surface area (Å²) >= 11 is 0. The fourth-order valence-electron chi connectivity index (χ4n) is 4.96. The highest BCUT2D eigenvalue weighted by molar-refractivity contribution is 5.83. The van der Waals surface area contributed by atoms with Gasteiger partial charge in [0.25, 0.3) is 0 Å². The molecule has 2 atom stereocenters. The van der Waals surface area contributed by atoms with E-state index in [1.165, 1.54) is 19.3 Å². The summed E-state index contributed by atoms with van der Waals surface area (Å²) in [5, 5.41) is 8.28. The lowest BCUT2D eigenvalue weighted by molar-refractivity contribution is 0.524. The van der Waals surface area contributed by atoms with Crippen LogP contribution in [-0.4, -0.2) is 21.0 Å². The standard InChI is InChI=1S/C31H39N5/c1-6-10-25(18-22(5)17-21(3)4)34-31-32-20-27(29-16-14-24-11-8-9-12-28(24)35-29)30(36-31)33-26-15-13-23(7-2)19-26/h6,8-12,14,16,18,20-21,23,26H,5,7,13,15,17,19H2,1-4H3,(H2,32,33,34,36)/b10-6-,25-18+. The molecule has 2 aromatic heterocycles. The molecule has 2 N–H and O–H groups in total. The van der Waals surface area contributed by atoms with Crippen molar-refractivity contribution in [1.29, 1.82) is 0 Å². The van der Waals surface area contributed by atoms with Crippen LogP contribution >= 0.6 is 0 Å². The zero-order chi connectivity index (χ0) is 25.5. The Balaban J connectivity index is 1.67. The molecule has 3 aromatic rings. The molecule has 188 valence electrons. The van der Waals surface area contributed by atoms with Gasteiger partial charge in [0.15, 0.2) is 0 Å². The number of nitrogens with one attached hydrogen (secondary N) is 2. The Bertz CT molecular complexity index is 1260. The lowest BCUT2D eigenvalue weighted by Crippen LogP contribution is -2.18. The highest BCUT2D eigenvalue weighted by Gasteiger charge is 2.25. The highest BCUT2D eigenvalue weighted by atomic mass is 15.2. The van der Waals surface area contributed by atoms with Gasteiger partial charge in [-0.1, -0.05) is 69.7 Å². The minimum atomic E-state index is 0.410. The number of aromatic nitrogens is 3. The smallest absolute Gasteiger partial charge is 0.229 e. The van der Waals surface area contributed by atoms with Crippen LogP contribution in [0.5, 0.6) is 0 Å². The van der Waals surface area contributed by atoms with Crippen LogP contribution in [0.2, 0.25) is 0 Å². The van der Waals surface area contributed by atoms with Crippen molar-refractivity contribution in [3.8, 4) is 11.3 Å². The predicted octanol–water partition coefficient (Wildman–Crippen LogP) is 8.16. The molecule has 1 aromatic carbocycles. The van der Waals surface area contributed by atoms with Gasteiger partial charge in [-0.2, -0.15) is 4.98 Å². The summed E-state index contributed by atoms with van der Waals surface area (Å²) in [6.45, 7) is 12.9. The first-order valence-corrected chi connectivity index (χ1v) is 13.2. The number of pyridine rings is 1. The van der Waals surface area contributed by atoms with Gasteiger partial charge >= 0.3 is 0 Å². The maximum atomic E-state index is 4.96. The Hall–Kier alpha value is -3.47. The van der Waals surface area contributed by atoms with Crippen LogP contribution < -0.4 is 10.6 Å². The molecule has 5 nitrogen and oxygen atoms in total. The average Bonchev–Trinajstić information content (AvgIpc) is 3.31. The molecule has 0 aliphatic heterocycles. The van der Waals surface area contributed by atoms with Crippen LogP contribution in [0.3, 0.4) is 0 Å². The Morgan fingerprint density at radius 3 is 2.72 bits per heavy atom. The lowest BCUT2D eigenvalue weighted by atomic mass is 10.0. The SMILES string of the molecule is C=C(/C=C(\C=C/C)Nc1ncc(-c2ccc3ccccc3n2)c(NC2CCC(CC)C2)n1)CC(C)C. The van der Waals surface area contributed by atoms with Crippen molar-refractivity contribution < 1.29 is 0 Å². The van der Waals surface area contributed by atoms with Crippen LogP contribution in [0, 0.1) is 11.8 Å². The van der Waals surface area contributed by atoms with Crippen molar-refractivity contribution in [2.24, 2.45) is 11.8 Å². The topological polar surface area (TPSA) is 62.7 Å². The molecule has 5 heteroatoms. The van der Waals surface area contributed by atoms with Gasteiger partial charge in [0.05, 0.1) is 16.8 Å². The second-order valence-electron chi connectivity index (χ2n) is 10.3. The highest BCUT2D eigenvalue weighted by Crippen LogP contribution is 2.33. The quantitative estimate of drug-likeness (QED) is 0.286. The Labute approximate surface area is 215 Å². The largest absolute Gasteiger partial charge is 0.367 e. The van der Waals surface area contributed by atoms with Gasteiger partial charge in [0.2, 0.25) is 5.95 Å². The number of hydrogen-bond acceptors (Lipinski definition) is 5. The van der Waals surface area contributed by atoms with Gasteiger partial charge in [0, 0.05) is 23.3 Å². The van der Waals surface area contributed by atoms with E-state index < -0.39 is 0 Å². The van der Waals surface area contributed by atoms with Crippen LogP contribution in [0.4, 0.5) is 11.8 Å². The van der Waals surface area contributed by atoms with E-state index in [1.54, 1.807) is 0 Å². The first kappa shape index (κ1) is 25.6. The number of fused-ring (bicyclic) bond motifs is 1. The Morgan fingerprint density at radius 1 is 1.14 bits per heavy atom. The molecule has 0 saturated heterocycles. The van der Waals surface area contributed by atoms with E-state index in [9.17, 15) is 0 Å². The predicted molar refractivity (Wildman–Crippen MR) is 153 cm³/mol. The molecule has 1 aliphatic rings. The molecule has 2 heterocycles. The van der Waals surface area contributed by atoms with Gasteiger partial charge < -0.3 is 10.6 Å². The maximum absolute atomic E-state index is 4.96. The first-order chi connectivity index (χ1) is 17.4. The molecule has 2 unspecified atom stereocenters. The van der Waals surface area contributed by atoms with Gasteiger partial charge in [-0.15, -0.1) is 0 Å². The third-order valence-electron chi connectivity index (χ3n) is 6.75. The summed E-state index contributed by atoms with van der Waals surface area (Å²) in [7, 11) is 0. The number of rotatable bonds is 10. The minimum absolute atomic E-state index is 0.410. The van der Waals surface area contributed by atoms with Crippen molar-refractivity contribution in [3.63, 3.8) is 0 Å². The van der Waals surface area contributed by atoms with Crippen LogP contribution in [0.1, 0.15) is 59.8 Å². The second kappa shape index (κ2) is 12.0. The molecular weight excluding hydrogens is 442 g/mol. The van der Waals surface area contributed by atoms with Crippen LogP contribution in [-0.2, 0) is 0 Å². The van der Waals surface area contributed by atoms with E-state index >= 15 is 0 Å². The summed E-state index contributed by atoms with van der Waals surface area (Å²) < 4.78 is 0. The molecule has 0 radical (unpaired) electrons. The van der Waals surface area contributed by atoms with E-state index in [0.717, 1.165) is 58.0 Å². The van der Waals surface area contributed by atoms with Crippen LogP contribution in [0.15, 0.2) is 78.7 Å². The van der Waals surface area contributed by atoms with Crippen molar-refractivity contribution >= 4 is 22.7 Å². The van der Waals surface area contributed by atoms with Gasteiger partial charge in [0.1, 0.15) is 5.82 Å². The number of benzene rings is 1. The second-order valence-corrected chi connectivity index (χ2v) is 10.3. The van der Waals surface area contributed by atoms with Gasteiger partial charge in [-0.3, -0.25) is 0 Å². The maximum Gasteiger partial charge on any atom is 0.229 e. The number of anilines is 2. The molecule has 1 saturated carbocycles. The fourth-order valence-corrected chi connectivity index (χ4v) is 4.96. The van der Waals surface area contributed by atoms with Crippen LogP contribution in [0.25, 0.3) is 22.2 Å². The van der Waals surface area contributed by atoms with E-state index in [1.807, 2.05) is 43.5 Å². The van der Waals surface area contributed by atoms with E-state index in [0.29, 0.717) is 17.9 Å². The molecule has 4 rings (SSSR count). The molecular formula is C31H39N5. The molecule has 0 bridgehead atoms. The lowest BCUT2D eigenvalue weighted by Gasteiger charge is -2.18. The zero-order valence-corrected chi connectivity index (χ0v) is 22.1. The molecule has 36 heavy (non-hydrogen) atoms.